The van der Waals surface area contributed by atoms with Crippen LogP contribution in [0.15, 0.2) is 57.2 Å². The maximum Gasteiger partial charge on any atom is 0.338 e. The summed E-state index contributed by atoms with van der Waals surface area (Å²) < 4.78 is 16.5. The van der Waals surface area contributed by atoms with E-state index >= 15 is 0 Å². The number of carbonyl (C=O) groups excluding carboxylic acids is 2. The van der Waals surface area contributed by atoms with Gasteiger partial charge in [-0.15, -0.1) is 0 Å². The van der Waals surface area contributed by atoms with Crippen LogP contribution in [-0.4, -0.2) is 48.6 Å². The Hall–Kier alpha value is -3.64. The summed E-state index contributed by atoms with van der Waals surface area (Å²) >= 11 is 8.51. The van der Waals surface area contributed by atoms with Crippen LogP contribution in [0, 0.1) is 0 Å². The Morgan fingerprint density at radius 1 is 1.28 bits per heavy atom. The van der Waals surface area contributed by atoms with E-state index < -0.39 is 17.9 Å². The molecule has 1 aliphatic heterocycles. The number of hydrogen-bond donors (Lipinski definition) is 4. The molecule has 3 rings (SSSR count). The monoisotopic (exact) mass is 576 g/mol. The number of thiocarbonyl (C=S) groups is 1. The topological polar surface area (TPSA) is 131 Å². The van der Waals surface area contributed by atoms with Crippen molar-refractivity contribution in [1.29, 1.82) is 0 Å². The number of allylic oxidation sites excluding steroid dienone is 1. The van der Waals surface area contributed by atoms with Gasteiger partial charge in [-0.05, 0) is 65.8 Å². The van der Waals surface area contributed by atoms with Crippen molar-refractivity contribution in [1.82, 2.24) is 16.1 Å². The van der Waals surface area contributed by atoms with Gasteiger partial charge in [-0.2, -0.15) is 5.10 Å². The molecule has 0 saturated heterocycles. The molecule has 1 atom stereocenters. The molecule has 1 heterocycles. The van der Waals surface area contributed by atoms with E-state index in [1.807, 2.05) is 0 Å². The molecule has 1 aliphatic rings. The standard InChI is InChI=1S/C24H25BrN4O6S/c1-4-34-23(32)20-13(2)27-24(36)28-21(20)15-7-5-6-8-17(15)35-12-19(30)29-26-11-14-9-16(25)22(31)18(10-14)33-3/h5-11,21,31H,4,12H2,1-3H3,(H,29,30)(H2,27,28,36)/t21-/m0/s1. The lowest BCUT2D eigenvalue weighted by molar-refractivity contribution is -0.139. The summed E-state index contributed by atoms with van der Waals surface area (Å²) in [5, 5.41) is 20.2. The Morgan fingerprint density at radius 3 is 2.75 bits per heavy atom. The molecule has 0 aromatic heterocycles. The number of rotatable bonds is 9. The summed E-state index contributed by atoms with van der Waals surface area (Å²) in [5.74, 6) is -0.375. The van der Waals surface area contributed by atoms with Crippen molar-refractivity contribution in [2.45, 2.75) is 19.9 Å². The molecule has 10 nitrogen and oxygen atoms in total. The number of carbonyl (C=O) groups is 2. The predicted molar refractivity (Wildman–Crippen MR) is 141 cm³/mol. The second kappa shape index (κ2) is 12.4. The van der Waals surface area contributed by atoms with E-state index in [1.54, 1.807) is 50.2 Å². The van der Waals surface area contributed by atoms with Gasteiger partial charge in [-0.3, -0.25) is 4.79 Å². The lowest BCUT2D eigenvalue weighted by Gasteiger charge is -2.30. The molecule has 0 aliphatic carbocycles. The largest absolute Gasteiger partial charge is 0.503 e. The van der Waals surface area contributed by atoms with Crippen LogP contribution in [0.3, 0.4) is 0 Å². The van der Waals surface area contributed by atoms with E-state index in [9.17, 15) is 14.7 Å². The number of aromatic hydroxyl groups is 1. The van der Waals surface area contributed by atoms with E-state index in [0.717, 1.165) is 0 Å². The molecule has 0 unspecified atom stereocenters. The molecule has 1 amide bonds. The van der Waals surface area contributed by atoms with Gasteiger partial charge in [-0.1, -0.05) is 18.2 Å². The highest BCUT2D eigenvalue weighted by molar-refractivity contribution is 9.10. The zero-order valence-electron chi connectivity index (χ0n) is 19.8. The summed E-state index contributed by atoms with van der Waals surface area (Å²) in [6.07, 6.45) is 1.40. The Balaban J connectivity index is 1.71. The molecule has 36 heavy (non-hydrogen) atoms. The molecule has 4 N–H and O–H groups in total. The lowest BCUT2D eigenvalue weighted by Crippen LogP contribution is -2.45. The number of para-hydroxylation sites is 1. The molecule has 0 spiro atoms. The first-order chi connectivity index (χ1) is 17.2. The van der Waals surface area contributed by atoms with E-state index in [4.69, 9.17) is 26.4 Å². The van der Waals surface area contributed by atoms with Gasteiger partial charge in [0.05, 0.1) is 36.0 Å². The smallest absolute Gasteiger partial charge is 0.338 e. The number of phenols is 1. The van der Waals surface area contributed by atoms with E-state index in [1.165, 1.54) is 13.3 Å². The third-order valence-electron chi connectivity index (χ3n) is 5.03. The molecular formula is C24H25BrN4O6S. The second-order valence-corrected chi connectivity index (χ2v) is 8.73. The molecular weight excluding hydrogens is 552 g/mol. The highest BCUT2D eigenvalue weighted by Crippen LogP contribution is 2.35. The van der Waals surface area contributed by atoms with Crippen molar-refractivity contribution in [3.8, 4) is 17.2 Å². The average molecular weight is 577 g/mol. The normalized spacial score (nSPS) is 15.2. The van der Waals surface area contributed by atoms with Crippen molar-refractivity contribution < 1.29 is 28.9 Å². The highest BCUT2D eigenvalue weighted by Gasteiger charge is 2.32. The fourth-order valence-electron chi connectivity index (χ4n) is 3.44. The molecule has 0 radical (unpaired) electrons. The quantitative estimate of drug-likeness (QED) is 0.154. The van der Waals surface area contributed by atoms with Crippen LogP contribution in [0.5, 0.6) is 17.2 Å². The molecule has 190 valence electrons. The first-order valence-corrected chi connectivity index (χ1v) is 12.0. The van der Waals surface area contributed by atoms with Gasteiger partial charge < -0.3 is 30.0 Å². The molecule has 0 fully saturated rings. The number of nitrogens with one attached hydrogen (secondary N) is 3. The van der Waals surface area contributed by atoms with Gasteiger partial charge in [0, 0.05) is 11.3 Å². The van der Waals surface area contributed by atoms with Crippen LogP contribution < -0.4 is 25.5 Å². The summed E-state index contributed by atoms with van der Waals surface area (Å²) in [6.45, 7) is 3.36. The van der Waals surface area contributed by atoms with Gasteiger partial charge >= 0.3 is 5.97 Å². The lowest BCUT2D eigenvalue weighted by atomic mass is 9.95. The van der Waals surface area contributed by atoms with Crippen LogP contribution in [0.2, 0.25) is 0 Å². The Bertz CT molecular complexity index is 1230. The number of methoxy groups -OCH3 is 1. The van der Waals surface area contributed by atoms with Gasteiger partial charge in [0.15, 0.2) is 23.2 Å². The second-order valence-electron chi connectivity index (χ2n) is 7.46. The molecule has 2 aromatic carbocycles. The number of phenolic OH excluding ortho intramolecular Hbond substituents is 1. The van der Waals surface area contributed by atoms with Crippen molar-refractivity contribution in [3.63, 3.8) is 0 Å². The third-order valence-corrected chi connectivity index (χ3v) is 5.85. The summed E-state index contributed by atoms with van der Waals surface area (Å²) in [4.78, 5) is 25.0. The minimum atomic E-state index is -0.627. The number of benzene rings is 2. The molecule has 0 saturated carbocycles. The molecule has 12 heteroatoms. The van der Waals surface area contributed by atoms with E-state index in [2.05, 4.69) is 37.1 Å². The van der Waals surface area contributed by atoms with Gasteiger partial charge in [0.2, 0.25) is 0 Å². The van der Waals surface area contributed by atoms with Crippen molar-refractivity contribution in [3.05, 3.63) is 63.3 Å². The minimum Gasteiger partial charge on any atom is -0.503 e. The molecule has 0 bridgehead atoms. The fraction of sp³-hybridized carbons (Fsp3) is 0.250. The number of hydrazone groups is 1. The summed E-state index contributed by atoms with van der Waals surface area (Å²) in [6, 6.07) is 9.57. The fourth-order valence-corrected chi connectivity index (χ4v) is 4.17. The molecule has 2 aromatic rings. The van der Waals surface area contributed by atoms with Gasteiger partial charge in [0.1, 0.15) is 5.75 Å². The van der Waals surface area contributed by atoms with Crippen LogP contribution in [0.4, 0.5) is 0 Å². The first-order valence-electron chi connectivity index (χ1n) is 10.8. The average Bonchev–Trinajstić information content (AvgIpc) is 2.84. The maximum absolute atomic E-state index is 12.6. The zero-order valence-corrected chi connectivity index (χ0v) is 22.2. The van der Waals surface area contributed by atoms with Gasteiger partial charge in [0.25, 0.3) is 5.91 Å². The van der Waals surface area contributed by atoms with Crippen LogP contribution in [0.1, 0.15) is 31.0 Å². The van der Waals surface area contributed by atoms with Crippen molar-refractivity contribution in [2.24, 2.45) is 5.10 Å². The first kappa shape index (κ1) is 27.0. The van der Waals surface area contributed by atoms with Crippen LogP contribution in [0.25, 0.3) is 0 Å². The highest BCUT2D eigenvalue weighted by atomic mass is 79.9. The number of ether oxygens (including phenoxy) is 3. The summed E-state index contributed by atoms with van der Waals surface area (Å²) in [5.41, 5.74) is 4.52. The van der Waals surface area contributed by atoms with E-state index in [0.29, 0.717) is 37.7 Å². The number of halogens is 1. The van der Waals surface area contributed by atoms with Crippen LogP contribution in [-0.2, 0) is 14.3 Å². The Labute approximate surface area is 221 Å². The predicted octanol–water partition coefficient (Wildman–Crippen LogP) is 3.05. The number of nitrogens with zero attached hydrogens (tertiary/aromatic N) is 1. The SMILES string of the molecule is CCOC(=O)C1=C(C)NC(=S)N[C@H]1c1ccccc1OCC(=O)NN=Cc1cc(Br)c(O)c(OC)c1. The van der Waals surface area contributed by atoms with Crippen molar-refractivity contribution in [2.75, 3.05) is 20.3 Å². The van der Waals surface area contributed by atoms with E-state index in [-0.39, 0.29) is 24.7 Å². The van der Waals surface area contributed by atoms with Crippen molar-refractivity contribution >= 4 is 51.4 Å². The van der Waals surface area contributed by atoms with Crippen LogP contribution >= 0.6 is 28.1 Å². The Kier molecular flexibility index (Phi) is 9.25. The summed E-state index contributed by atoms with van der Waals surface area (Å²) in [7, 11) is 1.43. The van der Waals surface area contributed by atoms with Gasteiger partial charge in [-0.25, -0.2) is 10.2 Å². The minimum absolute atomic E-state index is 0.0362. The number of amides is 1. The Morgan fingerprint density at radius 2 is 2.03 bits per heavy atom. The number of hydrogen-bond acceptors (Lipinski definition) is 8. The number of esters is 1. The maximum atomic E-state index is 12.6. The zero-order chi connectivity index (χ0) is 26.2. The third kappa shape index (κ3) is 6.52.